The Bertz CT molecular complexity index is 640. The third-order valence-electron chi connectivity index (χ3n) is 2.87. The van der Waals surface area contributed by atoms with Gasteiger partial charge in [-0.15, -0.1) is 0 Å². The molecule has 2 heterocycles. The molecule has 0 unspecified atom stereocenters. The number of nitrogens with one attached hydrogen (secondary N) is 1. The summed E-state index contributed by atoms with van der Waals surface area (Å²) in [6, 6.07) is 5.18. The Balaban J connectivity index is 2.02. The fourth-order valence-electron chi connectivity index (χ4n) is 1.62. The number of pyridine rings is 2. The lowest BCUT2D eigenvalue weighted by Gasteiger charge is -2.07. The van der Waals surface area contributed by atoms with E-state index in [0.717, 1.165) is 11.1 Å². The maximum absolute atomic E-state index is 12.0. The summed E-state index contributed by atoms with van der Waals surface area (Å²) < 4.78 is 0. The van der Waals surface area contributed by atoms with Crippen molar-refractivity contribution < 1.29 is 4.79 Å². The quantitative estimate of drug-likeness (QED) is 0.829. The maximum Gasteiger partial charge on any atom is 0.270 e. The highest BCUT2D eigenvalue weighted by molar-refractivity contribution is 7.80. The van der Waals surface area contributed by atoms with E-state index < -0.39 is 0 Å². The Morgan fingerprint density at radius 3 is 2.75 bits per heavy atom. The molecule has 0 radical (unpaired) electrons. The molecular weight excluding hydrogens is 272 g/mol. The number of aromatic nitrogens is 2. The van der Waals surface area contributed by atoms with E-state index in [1.807, 2.05) is 13.0 Å². The van der Waals surface area contributed by atoms with Crippen LogP contribution in [0.3, 0.4) is 0 Å². The second-order valence-corrected chi connectivity index (χ2v) is 4.72. The third kappa shape index (κ3) is 3.36. The minimum Gasteiger partial charge on any atom is -0.389 e. The van der Waals surface area contributed by atoms with Crippen LogP contribution in [0.15, 0.2) is 36.8 Å². The molecule has 0 saturated heterocycles. The summed E-state index contributed by atoms with van der Waals surface area (Å²) in [4.78, 5) is 20.3. The van der Waals surface area contributed by atoms with Gasteiger partial charge in [-0.05, 0) is 36.2 Å². The van der Waals surface area contributed by atoms with Gasteiger partial charge in [0.25, 0.3) is 5.91 Å². The van der Waals surface area contributed by atoms with Crippen molar-refractivity contribution in [3.63, 3.8) is 0 Å². The van der Waals surface area contributed by atoms with Gasteiger partial charge in [0, 0.05) is 30.7 Å². The summed E-state index contributed by atoms with van der Waals surface area (Å²) in [6.07, 6.45) is 4.95. The zero-order valence-electron chi connectivity index (χ0n) is 11.0. The van der Waals surface area contributed by atoms with E-state index in [9.17, 15) is 4.79 Å². The van der Waals surface area contributed by atoms with Crippen molar-refractivity contribution in [1.82, 2.24) is 15.3 Å². The van der Waals surface area contributed by atoms with Crippen molar-refractivity contribution in [1.29, 1.82) is 0 Å². The molecule has 0 aliphatic heterocycles. The molecule has 0 aliphatic rings. The van der Waals surface area contributed by atoms with Crippen LogP contribution in [0.2, 0.25) is 0 Å². The third-order valence-corrected chi connectivity index (χ3v) is 3.10. The van der Waals surface area contributed by atoms with E-state index in [-0.39, 0.29) is 10.9 Å². The molecule has 5 nitrogen and oxygen atoms in total. The van der Waals surface area contributed by atoms with Crippen molar-refractivity contribution in [3.05, 3.63) is 59.2 Å². The standard InChI is InChI=1S/C14H14N4OS/c1-9-4-5-16-6-11(9)8-18-14(19)12-3-2-10(7-17-12)13(15)20/h2-7H,8H2,1H3,(H2,15,20)(H,18,19). The molecule has 102 valence electrons. The van der Waals surface area contributed by atoms with Crippen molar-refractivity contribution in [2.24, 2.45) is 5.73 Å². The zero-order chi connectivity index (χ0) is 14.5. The molecule has 2 aromatic rings. The second-order valence-electron chi connectivity index (χ2n) is 4.28. The summed E-state index contributed by atoms with van der Waals surface area (Å²) in [6.45, 7) is 2.38. The van der Waals surface area contributed by atoms with Crippen LogP contribution in [0.1, 0.15) is 27.2 Å². The molecule has 0 aliphatic carbocycles. The first-order valence-corrected chi connectivity index (χ1v) is 6.42. The predicted octanol–water partition coefficient (Wildman–Crippen LogP) is 1.35. The highest BCUT2D eigenvalue weighted by Gasteiger charge is 2.08. The average molecular weight is 286 g/mol. The number of carbonyl (C=O) groups excluding carboxylic acids is 1. The largest absolute Gasteiger partial charge is 0.389 e. The number of thiocarbonyl (C=S) groups is 1. The molecule has 0 saturated carbocycles. The number of rotatable bonds is 4. The Labute approximate surface area is 122 Å². The molecule has 3 N–H and O–H groups in total. The Morgan fingerprint density at radius 2 is 2.15 bits per heavy atom. The summed E-state index contributed by atoms with van der Waals surface area (Å²) in [5, 5.41) is 2.80. The predicted molar refractivity (Wildman–Crippen MR) is 80.3 cm³/mol. The van der Waals surface area contributed by atoms with Crippen molar-refractivity contribution in [3.8, 4) is 0 Å². The molecule has 6 heteroatoms. The normalized spacial score (nSPS) is 10.1. The first-order valence-electron chi connectivity index (χ1n) is 6.01. The number of nitrogens with two attached hydrogens (primary N) is 1. The summed E-state index contributed by atoms with van der Waals surface area (Å²) in [5.41, 5.74) is 8.49. The monoisotopic (exact) mass is 286 g/mol. The highest BCUT2D eigenvalue weighted by atomic mass is 32.1. The molecule has 0 bridgehead atoms. The lowest BCUT2D eigenvalue weighted by molar-refractivity contribution is 0.0946. The fourth-order valence-corrected chi connectivity index (χ4v) is 1.74. The van der Waals surface area contributed by atoms with Crippen LogP contribution in [-0.2, 0) is 6.54 Å². The topological polar surface area (TPSA) is 80.9 Å². The number of hydrogen-bond acceptors (Lipinski definition) is 4. The van der Waals surface area contributed by atoms with Gasteiger partial charge in [0.15, 0.2) is 0 Å². The summed E-state index contributed by atoms with van der Waals surface area (Å²) >= 11 is 4.83. The van der Waals surface area contributed by atoms with Crippen molar-refractivity contribution in [2.45, 2.75) is 13.5 Å². The first-order chi connectivity index (χ1) is 9.58. The van der Waals surface area contributed by atoms with E-state index >= 15 is 0 Å². The molecule has 20 heavy (non-hydrogen) atoms. The zero-order valence-corrected chi connectivity index (χ0v) is 11.8. The molecule has 1 amide bonds. The summed E-state index contributed by atoms with van der Waals surface area (Å²) in [7, 11) is 0. The highest BCUT2D eigenvalue weighted by Crippen LogP contribution is 2.05. The van der Waals surface area contributed by atoms with Gasteiger partial charge in [0.1, 0.15) is 10.7 Å². The number of carbonyl (C=O) groups is 1. The molecule has 2 aromatic heterocycles. The lowest BCUT2D eigenvalue weighted by Crippen LogP contribution is -2.24. The van der Waals surface area contributed by atoms with Crippen LogP contribution >= 0.6 is 12.2 Å². The van der Waals surface area contributed by atoms with Crippen LogP contribution in [-0.4, -0.2) is 20.9 Å². The molecule has 0 aromatic carbocycles. The molecule has 2 rings (SSSR count). The van der Waals surface area contributed by atoms with Crippen LogP contribution in [0, 0.1) is 6.92 Å². The van der Waals surface area contributed by atoms with E-state index in [4.69, 9.17) is 18.0 Å². The molecule has 0 spiro atoms. The van der Waals surface area contributed by atoms with E-state index in [1.54, 1.807) is 24.5 Å². The minimum atomic E-state index is -0.247. The lowest BCUT2D eigenvalue weighted by atomic mass is 10.1. The van der Waals surface area contributed by atoms with Crippen LogP contribution in [0.5, 0.6) is 0 Å². The average Bonchev–Trinajstić information content (AvgIpc) is 2.46. The molecule has 0 atom stereocenters. The number of amides is 1. The maximum atomic E-state index is 12.0. The fraction of sp³-hybridized carbons (Fsp3) is 0.143. The van der Waals surface area contributed by atoms with E-state index in [0.29, 0.717) is 17.8 Å². The van der Waals surface area contributed by atoms with Crippen LogP contribution in [0.25, 0.3) is 0 Å². The van der Waals surface area contributed by atoms with E-state index in [1.165, 1.54) is 6.20 Å². The van der Waals surface area contributed by atoms with Gasteiger partial charge in [0.2, 0.25) is 0 Å². The number of hydrogen-bond donors (Lipinski definition) is 2. The van der Waals surface area contributed by atoms with Gasteiger partial charge in [-0.3, -0.25) is 14.8 Å². The van der Waals surface area contributed by atoms with Gasteiger partial charge in [-0.2, -0.15) is 0 Å². The Morgan fingerprint density at radius 1 is 1.35 bits per heavy atom. The minimum absolute atomic E-state index is 0.247. The number of nitrogens with zero attached hydrogens (tertiary/aromatic N) is 2. The number of aryl methyl sites for hydroxylation is 1. The Kier molecular flexibility index (Phi) is 4.37. The van der Waals surface area contributed by atoms with Gasteiger partial charge >= 0.3 is 0 Å². The first kappa shape index (κ1) is 14.1. The smallest absolute Gasteiger partial charge is 0.270 e. The van der Waals surface area contributed by atoms with Crippen molar-refractivity contribution >= 4 is 23.1 Å². The van der Waals surface area contributed by atoms with Crippen LogP contribution < -0.4 is 11.1 Å². The van der Waals surface area contributed by atoms with Gasteiger partial charge in [-0.25, -0.2) is 0 Å². The second kappa shape index (κ2) is 6.21. The molecular formula is C14H14N4OS. The van der Waals surface area contributed by atoms with E-state index in [2.05, 4.69) is 15.3 Å². The van der Waals surface area contributed by atoms with Gasteiger partial charge in [0.05, 0.1) is 0 Å². The van der Waals surface area contributed by atoms with Crippen molar-refractivity contribution in [2.75, 3.05) is 0 Å². The Hall–Kier alpha value is -2.34. The molecule has 0 fully saturated rings. The van der Waals surface area contributed by atoms with Crippen LogP contribution in [0.4, 0.5) is 0 Å². The van der Waals surface area contributed by atoms with Gasteiger partial charge in [-0.1, -0.05) is 12.2 Å². The summed E-state index contributed by atoms with van der Waals surface area (Å²) in [5.74, 6) is -0.247. The van der Waals surface area contributed by atoms with Gasteiger partial charge < -0.3 is 11.1 Å². The SMILES string of the molecule is Cc1ccncc1CNC(=O)c1ccc(C(N)=S)cn1.